The summed E-state index contributed by atoms with van der Waals surface area (Å²) in [5, 5.41) is -0.136. The maximum absolute atomic E-state index is 11.9. The summed E-state index contributed by atoms with van der Waals surface area (Å²) in [5.41, 5.74) is 0.902. The molecule has 6 nitrogen and oxygen atoms in total. The van der Waals surface area contributed by atoms with Gasteiger partial charge in [0, 0.05) is 25.3 Å². The molecule has 3 rings (SSSR count). The van der Waals surface area contributed by atoms with Crippen LogP contribution in [0.2, 0.25) is 0 Å². The number of hydrogen-bond acceptors (Lipinski definition) is 5. The number of aryl methyl sites for hydroxylation is 1. The Balaban J connectivity index is 1.57. The van der Waals surface area contributed by atoms with Crippen LogP contribution >= 0.6 is 0 Å². The van der Waals surface area contributed by atoms with Crippen LogP contribution in [0.3, 0.4) is 0 Å². The van der Waals surface area contributed by atoms with E-state index in [0.29, 0.717) is 0 Å². The maximum atomic E-state index is 11.9. The smallest absolute Gasteiger partial charge is 0.214 e. The summed E-state index contributed by atoms with van der Waals surface area (Å²) in [7, 11) is -3.07. The maximum Gasteiger partial charge on any atom is 0.214 e. The number of piperidine rings is 1. The van der Waals surface area contributed by atoms with Crippen LogP contribution < -0.4 is 9.62 Å². The van der Waals surface area contributed by atoms with Gasteiger partial charge in [-0.25, -0.2) is 18.1 Å². The highest BCUT2D eigenvalue weighted by Crippen LogP contribution is 2.28. The molecule has 1 aliphatic carbocycles. The van der Waals surface area contributed by atoms with Crippen molar-refractivity contribution in [1.29, 1.82) is 0 Å². The molecule has 2 heterocycles. The Hall–Kier alpha value is -1.21. The normalized spacial score (nSPS) is 21.1. The number of nitrogens with one attached hydrogen (secondary N) is 1. The second kappa shape index (κ2) is 5.29. The molecular formula is C13H20N4O2S. The van der Waals surface area contributed by atoms with Crippen LogP contribution in [0.1, 0.15) is 31.4 Å². The molecule has 1 saturated heterocycles. The van der Waals surface area contributed by atoms with Gasteiger partial charge < -0.3 is 4.90 Å². The third kappa shape index (κ3) is 3.09. The Morgan fingerprint density at radius 3 is 2.50 bits per heavy atom. The molecule has 1 aromatic rings. The summed E-state index contributed by atoms with van der Waals surface area (Å²) in [6.07, 6.45) is 6.77. The lowest BCUT2D eigenvalue weighted by atomic mass is 10.1. The van der Waals surface area contributed by atoms with Crippen molar-refractivity contribution in [3.8, 4) is 0 Å². The Morgan fingerprint density at radius 2 is 1.90 bits per heavy atom. The molecular weight excluding hydrogens is 276 g/mol. The summed E-state index contributed by atoms with van der Waals surface area (Å²) in [4.78, 5) is 10.8. The predicted molar refractivity (Wildman–Crippen MR) is 77.1 cm³/mol. The number of aromatic nitrogens is 2. The molecule has 7 heteroatoms. The van der Waals surface area contributed by atoms with Crippen molar-refractivity contribution in [2.45, 2.75) is 43.9 Å². The molecule has 2 fully saturated rings. The summed E-state index contributed by atoms with van der Waals surface area (Å²) < 4.78 is 26.7. The molecule has 110 valence electrons. The Labute approximate surface area is 119 Å². The van der Waals surface area contributed by atoms with Crippen molar-refractivity contribution in [3.05, 3.63) is 18.1 Å². The molecule has 1 aliphatic heterocycles. The first-order chi connectivity index (χ1) is 9.54. The first kappa shape index (κ1) is 13.8. The van der Waals surface area contributed by atoms with E-state index >= 15 is 0 Å². The SMILES string of the molecule is Cc1cncc(N2CCC(NS(=O)(=O)C3CC3)CC2)n1. The lowest BCUT2D eigenvalue weighted by Crippen LogP contribution is -2.45. The van der Waals surface area contributed by atoms with Gasteiger partial charge in [0.15, 0.2) is 0 Å². The van der Waals surface area contributed by atoms with Crippen molar-refractivity contribution >= 4 is 15.8 Å². The van der Waals surface area contributed by atoms with E-state index < -0.39 is 10.0 Å². The van der Waals surface area contributed by atoms with Crippen LogP contribution in [0.4, 0.5) is 5.82 Å². The Bertz CT molecular complexity index is 578. The third-order valence-corrected chi connectivity index (χ3v) is 5.87. The fraction of sp³-hybridized carbons (Fsp3) is 0.692. The van der Waals surface area contributed by atoms with E-state index in [1.165, 1.54) is 0 Å². The summed E-state index contributed by atoms with van der Waals surface area (Å²) in [6, 6.07) is 0.0645. The van der Waals surface area contributed by atoms with Gasteiger partial charge in [-0.2, -0.15) is 0 Å². The van der Waals surface area contributed by atoms with Crippen LogP contribution in [-0.2, 0) is 10.0 Å². The van der Waals surface area contributed by atoms with Gasteiger partial charge in [-0.05, 0) is 32.6 Å². The molecule has 0 aromatic carbocycles. The highest BCUT2D eigenvalue weighted by Gasteiger charge is 2.37. The fourth-order valence-electron chi connectivity index (χ4n) is 2.54. The van der Waals surface area contributed by atoms with Crippen molar-refractivity contribution in [2.75, 3.05) is 18.0 Å². The molecule has 0 bridgehead atoms. The third-order valence-electron chi connectivity index (χ3n) is 3.86. The minimum absolute atomic E-state index is 0.0645. The Morgan fingerprint density at radius 1 is 1.20 bits per heavy atom. The van der Waals surface area contributed by atoms with Gasteiger partial charge in [-0.15, -0.1) is 0 Å². The highest BCUT2D eigenvalue weighted by atomic mass is 32.2. The summed E-state index contributed by atoms with van der Waals surface area (Å²) in [5.74, 6) is 0.883. The zero-order valence-electron chi connectivity index (χ0n) is 11.6. The van der Waals surface area contributed by atoms with E-state index in [1.54, 1.807) is 12.4 Å². The lowest BCUT2D eigenvalue weighted by molar-refractivity contribution is 0.457. The lowest BCUT2D eigenvalue weighted by Gasteiger charge is -2.32. The van der Waals surface area contributed by atoms with Crippen LogP contribution in [0, 0.1) is 6.92 Å². The molecule has 0 unspecified atom stereocenters. The number of anilines is 1. The van der Waals surface area contributed by atoms with Gasteiger partial charge in [0.2, 0.25) is 10.0 Å². The molecule has 1 saturated carbocycles. The van der Waals surface area contributed by atoms with Gasteiger partial charge in [0.25, 0.3) is 0 Å². The van der Waals surface area contributed by atoms with E-state index in [4.69, 9.17) is 0 Å². The average molecular weight is 296 g/mol. The monoisotopic (exact) mass is 296 g/mol. The van der Waals surface area contributed by atoms with Gasteiger partial charge in [-0.3, -0.25) is 4.98 Å². The topological polar surface area (TPSA) is 75.2 Å². The molecule has 2 aliphatic rings. The molecule has 20 heavy (non-hydrogen) atoms. The van der Waals surface area contributed by atoms with Crippen LogP contribution in [-0.4, -0.2) is 42.8 Å². The van der Waals surface area contributed by atoms with Crippen molar-refractivity contribution < 1.29 is 8.42 Å². The number of hydrogen-bond donors (Lipinski definition) is 1. The second-order valence-electron chi connectivity index (χ2n) is 5.64. The fourth-order valence-corrected chi connectivity index (χ4v) is 4.19. The summed E-state index contributed by atoms with van der Waals surface area (Å²) >= 11 is 0. The predicted octanol–water partition coefficient (Wildman–Crippen LogP) is 0.836. The van der Waals surface area contributed by atoms with Gasteiger partial charge in [-0.1, -0.05) is 0 Å². The Kier molecular flexibility index (Phi) is 3.64. The highest BCUT2D eigenvalue weighted by molar-refractivity contribution is 7.90. The van der Waals surface area contributed by atoms with E-state index in [-0.39, 0.29) is 11.3 Å². The zero-order valence-corrected chi connectivity index (χ0v) is 12.4. The largest absolute Gasteiger partial charge is 0.355 e. The van der Waals surface area contributed by atoms with E-state index in [9.17, 15) is 8.42 Å². The van der Waals surface area contributed by atoms with E-state index in [2.05, 4.69) is 19.6 Å². The summed E-state index contributed by atoms with van der Waals surface area (Å²) in [6.45, 7) is 3.55. The number of nitrogens with zero attached hydrogens (tertiary/aromatic N) is 3. The minimum Gasteiger partial charge on any atom is -0.355 e. The van der Waals surface area contributed by atoms with E-state index in [0.717, 1.165) is 50.3 Å². The molecule has 0 spiro atoms. The minimum atomic E-state index is -3.07. The van der Waals surface area contributed by atoms with Crippen LogP contribution in [0.15, 0.2) is 12.4 Å². The first-order valence-electron chi connectivity index (χ1n) is 7.09. The molecule has 1 aromatic heterocycles. The average Bonchev–Trinajstić information content (AvgIpc) is 3.24. The number of sulfonamides is 1. The number of rotatable bonds is 4. The standard InChI is InChI=1S/C13H20N4O2S/c1-10-8-14-9-13(15-10)17-6-4-11(5-7-17)16-20(18,19)12-2-3-12/h8-9,11-12,16H,2-7H2,1H3. The molecule has 0 radical (unpaired) electrons. The molecule has 0 amide bonds. The zero-order chi connectivity index (χ0) is 14.2. The van der Waals surface area contributed by atoms with Gasteiger partial charge >= 0.3 is 0 Å². The second-order valence-corrected chi connectivity index (χ2v) is 7.63. The molecule has 0 atom stereocenters. The first-order valence-corrected chi connectivity index (χ1v) is 8.64. The van der Waals surface area contributed by atoms with Crippen LogP contribution in [0.25, 0.3) is 0 Å². The molecule has 1 N–H and O–H groups in total. The van der Waals surface area contributed by atoms with Crippen molar-refractivity contribution in [1.82, 2.24) is 14.7 Å². The van der Waals surface area contributed by atoms with Crippen molar-refractivity contribution in [3.63, 3.8) is 0 Å². The van der Waals surface area contributed by atoms with Crippen molar-refractivity contribution in [2.24, 2.45) is 0 Å². The van der Waals surface area contributed by atoms with Gasteiger partial charge in [0.1, 0.15) is 5.82 Å². The van der Waals surface area contributed by atoms with Crippen LogP contribution in [0.5, 0.6) is 0 Å². The quantitative estimate of drug-likeness (QED) is 0.891. The van der Waals surface area contributed by atoms with E-state index in [1.807, 2.05) is 6.92 Å². The van der Waals surface area contributed by atoms with Gasteiger partial charge in [0.05, 0.1) is 17.1 Å².